The van der Waals surface area contributed by atoms with E-state index in [0.29, 0.717) is 19.6 Å². The average Bonchev–Trinajstić information content (AvgIpc) is 2.38. The van der Waals surface area contributed by atoms with E-state index in [-0.39, 0.29) is 11.3 Å². The molecule has 3 heteroatoms. The second-order valence-corrected chi connectivity index (χ2v) is 4.95. The highest BCUT2D eigenvalue weighted by molar-refractivity contribution is 5.78. The summed E-state index contributed by atoms with van der Waals surface area (Å²) in [6, 6.07) is 10.2. The quantitative estimate of drug-likeness (QED) is 0.569. The number of carbonyl (C=O) groups excluding carboxylic acids is 1. The van der Waals surface area contributed by atoms with Gasteiger partial charge in [-0.15, -0.1) is 6.58 Å². The molecular weight excluding hydrogens is 224 g/mol. The molecule has 3 nitrogen and oxygen atoms in total. The summed E-state index contributed by atoms with van der Waals surface area (Å²) in [6.07, 6.45) is 1.74. The van der Waals surface area contributed by atoms with Gasteiger partial charge in [0, 0.05) is 18.5 Å². The predicted octanol–water partition coefficient (Wildman–Crippen LogP) is 1.86. The maximum absolute atomic E-state index is 11.6. The van der Waals surface area contributed by atoms with Gasteiger partial charge in [-0.05, 0) is 5.56 Å². The van der Waals surface area contributed by atoms with Crippen LogP contribution < -0.4 is 10.6 Å². The van der Waals surface area contributed by atoms with Crippen LogP contribution in [0.15, 0.2) is 43.0 Å². The molecular formula is C15H22N2O. The van der Waals surface area contributed by atoms with Crippen molar-refractivity contribution in [2.75, 3.05) is 19.6 Å². The third-order valence-electron chi connectivity index (χ3n) is 2.86. The molecule has 0 aliphatic heterocycles. The van der Waals surface area contributed by atoms with Crippen molar-refractivity contribution in [2.24, 2.45) is 0 Å². The van der Waals surface area contributed by atoms with E-state index in [4.69, 9.17) is 0 Å². The fourth-order valence-electron chi connectivity index (χ4n) is 1.66. The summed E-state index contributed by atoms with van der Waals surface area (Å²) in [5, 5.41) is 5.93. The first-order valence-corrected chi connectivity index (χ1v) is 6.20. The molecule has 98 valence electrons. The fourth-order valence-corrected chi connectivity index (χ4v) is 1.66. The van der Waals surface area contributed by atoms with Gasteiger partial charge in [-0.1, -0.05) is 50.3 Å². The van der Waals surface area contributed by atoms with Crippen LogP contribution >= 0.6 is 0 Å². The molecule has 18 heavy (non-hydrogen) atoms. The van der Waals surface area contributed by atoms with Crippen LogP contribution in [0.5, 0.6) is 0 Å². The lowest BCUT2D eigenvalue weighted by Gasteiger charge is -2.25. The van der Waals surface area contributed by atoms with Gasteiger partial charge in [0.05, 0.1) is 6.54 Å². The van der Waals surface area contributed by atoms with Crippen molar-refractivity contribution in [3.8, 4) is 0 Å². The minimum atomic E-state index is -0.0602. The maximum Gasteiger partial charge on any atom is 0.233 e. The summed E-state index contributed by atoms with van der Waals surface area (Å²) < 4.78 is 0. The van der Waals surface area contributed by atoms with E-state index >= 15 is 0 Å². The number of carbonyl (C=O) groups is 1. The van der Waals surface area contributed by atoms with Gasteiger partial charge in [-0.25, -0.2) is 0 Å². The molecule has 0 radical (unpaired) electrons. The monoisotopic (exact) mass is 246 g/mol. The van der Waals surface area contributed by atoms with Crippen molar-refractivity contribution in [3.63, 3.8) is 0 Å². The average molecular weight is 246 g/mol. The molecule has 1 amide bonds. The van der Waals surface area contributed by atoms with Crippen molar-refractivity contribution in [2.45, 2.75) is 19.3 Å². The zero-order chi connectivity index (χ0) is 13.4. The SMILES string of the molecule is C=CCNCC(=O)NCC(C)(C)c1ccccc1. The van der Waals surface area contributed by atoms with Crippen LogP contribution in [-0.4, -0.2) is 25.5 Å². The Kier molecular flexibility index (Phi) is 5.59. The first-order valence-electron chi connectivity index (χ1n) is 6.20. The summed E-state index contributed by atoms with van der Waals surface area (Å²) >= 11 is 0. The standard InChI is InChI=1S/C15H22N2O/c1-4-10-16-11-14(18)17-12-15(2,3)13-8-6-5-7-9-13/h4-9,16H,1,10-12H2,2-3H3,(H,17,18). The molecule has 0 unspecified atom stereocenters. The van der Waals surface area contributed by atoms with Crippen molar-refractivity contribution in [1.29, 1.82) is 0 Å². The van der Waals surface area contributed by atoms with Gasteiger partial charge < -0.3 is 10.6 Å². The minimum Gasteiger partial charge on any atom is -0.354 e. The largest absolute Gasteiger partial charge is 0.354 e. The van der Waals surface area contributed by atoms with Gasteiger partial charge in [0.1, 0.15) is 0 Å². The molecule has 0 aliphatic rings. The third kappa shape index (κ3) is 4.72. The van der Waals surface area contributed by atoms with Gasteiger partial charge in [-0.2, -0.15) is 0 Å². The zero-order valence-corrected chi connectivity index (χ0v) is 11.2. The number of rotatable bonds is 7. The molecule has 1 aromatic rings. The number of benzene rings is 1. The Morgan fingerprint density at radius 2 is 2.00 bits per heavy atom. The second kappa shape index (κ2) is 6.97. The molecule has 0 saturated carbocycles. The number of hydrogen-bond donors (Lipinski definition) is 2. The van der Waals surface area contributed by atoms with E-state index in [9.17, 15) is 4.79 Å². The Balaban J connectivity index is 2.42. The maximum atomic E-state index is 11.6. The van der Waals surface area contributed by atoms with Crippen LogP contribution in [0.1, 0.15) is 19.4 Å². The lowest BCUT2D eigenvalue weighted by molar-refractivity contribution is -0.120. The van der Waals surface area contributed by atoms with Gasteiger partial charge in [0.15, 0.2) is 0 Å². The highest BCUT2D eigenvalue weighted by atomic mass is 16.1. The van der Waals surface area contributed by atoms with Crippen LogP contribution in [0.4, 0.5) is 0 Å². The van der Waals surface area contributed by atoms with E-state index < -0.39 is 0 Å². The highest BCUT2D eigenvalue weighted by Gasteiger charge is 2.20. The number of hydrogen-bond acceptors (Lipinski definition) is 2. The Morgan fingerprint density at radius 1 is 1.33 bits per heavy atom. The summed E-state index contributed by atoms with van der Waals surface area (Å²) in [7, 11) is 0. The van der Waals surface area contributed by atoms with Crippen LogP contribution in [0, 0.1) is 0 Å². The molecule has 0 bridgehead atoms. The van der Waals surface area contributed by atoms with Gasteiger partial charge in [0.25, 0.3) is 0 Å². The third-order valence-corrected chi connectivity index (χ3v) is 2.86. The lowest BCUT2D eigenvalue weighted by Crippen LogP contribution is -2.40. The van der Waals surface area contributed by atoms with Crippen LogP contribution in [0.25, 0.3) is 0 Å². The lowest BCUT2D eigenvalue weighted by atomic mass is 9.84. The van der Waals surface area contributed by atoms with E-state index in [1.165, 1.54) is 5.56 Å². The van der Waals surface area contributed by atoms with E-state index in [1.807, 2.05) is 18.2 Å². The van der Waals surface area contributed by atoms with Gasteiger partial charge >= 0.3 is 0 Å². The fraction of sp³-hybridized carbons (Fsp3) is 0.400. The molecule has 0 spiro atoms. The van der Waals surface area contributed by atoms with Crippen LogP contribution in [0.3, 0.4) is 0 Å². The van der Waals surface area contributed by atoms with E-state index in [2.05, 4.69) is 43.2 Å². The molecule has 1 rings (SSSR count). The predicted molar refractivity (Wildman–Crippen MR) is 75.5 cm³/mol. The molecule has 0 aromatic heterocycles. The summed E-state index contributed by atoms with van der Waals surface area (Å²) in [5.41, 5.74) is 1.17. The summed E-state index contributed by atoms with van der Waals surface area (Å²) in [4.78, 5) is 11.6. The first-order chi connectivity index (χ1) is 8.56. The van der Waals surface area contributed by atoms with Gasteiger partial charge in [-0.3, -0.25) is 4.79 Å². The van der Waals surface area contributed by atoms with Crippen molar-refractivity contribution in [3.05, 3.63) is 48.6 Å². The van der Waals surface area contributed by atoms with Crippen LogP contribution in [-0.2, 0) is 10.2 Å². The van der Waals surface area contributed by atoms with Gasteiger partial charge in [0.2, 0.25) is 5.91 Å². The molecule has 0 saturated heterocycles. The first kappa shape index (κ1) is 14.5. The molecule has 0 aliphatic carbocycles. The molecule has 1 aromatic carbocycles. The molecule has 2 N–H and O–H groups in total. The molecule has 0 atom stereocenters. The Bertz CT molecular complexity index is 385. The van der Waals surface area contributed by atoms with Crippen LogP contribution in [0.2, 0.25) is 0 Å². The zero-order valence-electron chi connectivity index (χ0n) is 11.2. The number of amides is 1. The minimum absolute atomic E-state index is 0.0147. The van der Waals surface area contributed by atoms with E-state index in [0.717, 1.165) is 0 Å². The molecule has 0 heterocycles. The summed E-state index contributed by atoms with van der Waals surface area (Å²) in [6.45, 7) is 9.45. The second-order valence-electron chi connectivity index (χ2n) is 4.95. The number of nitrogens with one attached hydrogen (secondary N) is 2. The highest BCUT2D eigenvalue weighted by Crippen LogP contribution is 2.21. The Morgan fingerprint density at radius 3 is 2.61 bits per heavy atom. The Hall–Kier alpha value is -1.61. The van der Waals surface area contributed by atoms with Crippen molar-refractivity contribution in [1.82, 2.24) is 10.6 Å². The smallest absolute Gasteiger partial charge is 0.233 e. The van der Waals surface area contributed by atoms with Crippen molar-refractivity contribution < 1.29 is 4.79 Å². The molecule has 0 fully saturated rings. The summed E-state index contributed by atoms with van der Waals surface area (Å²) in [5.74, 6) is 0.0147. The van der Waals surface area contributed by atoms with E-state index in [1.54, 1.807) is 6.08 Å². The van der Waals surface area contributed by atoms with Crippen molar-refractivity contribution >= 4 is 5.91 Å². The Labute approximate surface area is 109 Å². The topological polar surface area (TPSA) is 41.1 Å². The normalized spacial score (nSPS) is 11.0.